The van der Waals surface area contributed by atoms with Gasteiger partial charge in [-0.15, -0.1) is 0 Å². The summed E-state index contributed by atoms with van der Waals surface area (Å²) in [4.78, 5) is 14.7. The SMILES string of the molecule is Cc1ccc(C(C(=O)N2CCNCC2)C(C)C)cc1. The van der Waals surface area contributed by atoms with Gasteiger partial charge in [0.05, 0.1) is 5.92 Å². The van der Waals surface area contributed by atoms with Gasteiger partial charge in [0, 0.05) is 26.2 Å². The lowest BCUT2D eigenvalue weighted by Crippen LogP contribution is -2.48. The van der Waals surface area contributed by atoms with E-state index in [1.807, 2.05) is 4.90 Å². The van der Waals surface area contributed by atoms with E-state index in [4.69, 9.17) is 0 Å². The van der Waals surface area contributed by atoms with Crippen LogP contribution in [0.15, 0.2) is 24.3 Å². The Morgan fingerprint density at radius 1 is 1.16 bits per heavy atom. The molecule has 0 aliphatic carbocycles. The molecule has 1 aliphatic rings. The van der Waals surface area contributed by atoms with Crippen molar-refractivity contribution in [2.24, 2.45) is 5.92 Å². The van der Waals surface area contributed by atoms with Gasteiger partial charge in [0.25, 0.3) is 0 Å². The summed E-state index contributed by atoms with van der Waals surface area (Å²) >= 11 is 0. The first-order valence-corrected chi connectivity index (χ1v) is 7.15. The minimum atomic E-state index is -0.0151. The number of amides is 1. The summed E-state index contributed by atoms with van der Waals surface area (Å²) in [5.74, 6) is 0.587. The maximum Gasteiger partial charge on any atom is 0.230 e. The van der Waals surface area contributed by atoms with Crippen molar-refractivity contribution in [2.45, 2.75) is 26.7 Å². The monoisotopic (exact) mass is 260 g/mol. The van der Waals surface area contributed by atoms with E-state index in [0.29, 0.717) is 5.92 Å². The molecule has 19 heavy (non-hydrogen) atoms. The van der Waals surface area contributed by atoms with E-state index in [2.05, 4.69) is 50.4 Å². The van der Waals surface area contributed by atoms with Crippen molar-refractivity contribution in [3.05, 3.63) is 35.4 Å². The highest BCUT2D eigenvalue weighted by Crippen LogP contribution is 2.27. The van der Waals surface area contributed by atoms with Gasteiger partial charge < -0.3 is 10.2 Å². The summed E-state index contributed by atoms with van der Waals surface area (Å²) in [6, 6.07) is 8.38. The average molecular weight is 260 g/mol. The molecule has 1 fully saturated rings. The van der Waals surface area contributed by atoms with Crippen LogP contribution >= 0.6 is 0 Å². The molecule has 1 amide bonds. The molecule has 1 aliphatic heterocycles. The first-order chi connectivity index (χ1) is 9.09. The van der Waals surface area contributed by atoms with Crippen LogP contribution in [-0.4, -0.2) is 37.0 Å². The quantitative estimate of drug-likeness (QED) is 0.903. The summed E-state index contributed by atoms with van der Waals surface area (Å²) in [5, 5.41) is 3.29. The predicted molar refractivity (Wildman–Crippen MR) is 78.2 cm³/mol. The van der Waals surface area contributed by atoms with Crippen LogP contribution in [-0.2, 0) is 4.79 Å². The molecule has 3 heteroatoms. The Bertz CT molecular complexity index is 419. The maximum atomic E-state index is 12.7. The van der Waals surface area contributed by atoms with Crippen molar-refractivity contribution in [1.82, 2.24) is 10.2 Å². The Kier molecular flexibility index (Phi) is 4.59. The number of hydrogen-bond acceptors (Lipinski definition) is 2. The molecule has 1 saturated heterocycles. The molecule has 0 saturated carbocycles. The van der Waals surface area contributed by atoms with Crippen LogP contribution in [0.3, 0.4) is 0 Å². The zero-order chi connectivity index (χ0) is 13.8. The van der Waals surface area contributed by atoms with Crippen molar-refractivity contribution >= 4 is 5.91 Å². The molecule has 1 aromatic rings. The van der Waals surface area contributed by atoms with Crippen LogP contribution in [0.1, 0.15) is 30.9 Å². The molecule has 2 rings (SSSR count). The van der Waals surface area contributed by atoms with Gasteiger partial charge in [-0.05, 0) is 18.4 Å². The smallest absolute Gasteiger partial charge is 0.230 e. The Hall–Kier alpha value is -1.35. The highest BCUT2D eigenvalue weighted by molar-refractivity contribution is 5.84. The molecule has 0 bridgehead atoms. The van der Waals surface area contributed by atoms with Gasteiger partial charge in [-0.25, -0.2) is 0 Å². The van der Waals surface area contributed by atoms with E-state index in [1.54, 1.807) is 0 Å². The number of rotatable bonds is 3. The maximum absolute atomic E-state index is 12.7. The second kappa shape index (κ2) is 6.20. The standard InChI is InChI=1S/C16H24N2O/c1-12(2)15(14-6-4-13(3)5-7-14)16(19)18-10-8-17-9-11-18/h4-7,12,15,17H,8-11H2,1-3H3. The number of piperazine rings is 1. The molecule has 1 unspecified atom stereocenters. The highest BCUT2D eigenvalue weighted by Gasteiger charge is 2.29. The van der Waals surface area contributed by atoms with E-state index in [9.17, 15) is 4.79 Å². The van der Waals surface area contributed by atoms with Crippen LogP contribution < -0.4 is 5.32 Å². The van der Waals surface area contributed by atoms with Gasteiger partial charge in [-0.2, -0.15) is 0 Å². The fraction of sp³-hybridized carbons (Fsp3) is 0.562. The number of carbonyl (C=O) groups is 1. The van der Waals surface area contributed by atoms with E-state index >= 15 is 0 Å². The molecule has 3 nitrogen and oxygen atoms in total. The number of hydrogen-bond donors (Lipinski definition) is 1. The first-order valence-electron chi connectivity index (χ1n) is 7.15. The summed E-state index contributed by atoms with van der Waals surface area (Å²) in [6.45, 7) is 9.80. The lowest BCUT2D eigenvalue weighted by Gasteiger charge is -2.32. The van der Waals surface area contributed by atoms with Crippen LogP contribution in [0.4, 0.5) is 0 Å². The van der Waals surface area contributed by atoms with E-state index < -0.39 is 0 Å². The molecule has 1 aromatic carbocycles. The predicted octanol–water partition coefficient (Wildman–Crippen LogP) is 2.17. The largest absolute Gasteiger partial charge is 0.340 e. The van der Waals surface area contributed by atoms with Crippen molar-refractivity contribution in [1.29, 1.82) is 0 Å². The van der Waals surface area contributed by atoms with Gasteiger partial charge in [0.15, 0.2) is 0 Å². The summed E-state index contributed by atoms with van der Waals surface area (Å²) in [7, 11) is 0. The van der Waals surface area contributed by atoms with Gasteiger partial charge in [-0.1, -0.05) is 43.7 Å². The number of nitrogens with zero attached hydrogens (tertiary/aromatic N) is 1. The van der Waals surface area contributed by atoms with Gasteiger partial charge in [0.1, 0.15) is 0 Å². The average Bonchev–Trinajstić information content (AvgIpc) is 2.42. The molecular weight excluding hydrogens is 236 g/mol. The Labute approximate surface area is 116 Å². The van der Waals surface area contributed by atoms with E-state index in [1.165, 1.54) is 5.56 Å². The van der Waals surface area contributed by atoms with Crippen molar-refractivity contribution < 1.29 is 4.79 Å². The van der Waals surface area contributed by atoms with Gasteiger partial charge >= 0.3 is 0 Å². The van der Waals surface area contributed by atoms with Crippen molar-refractivity contribution in [3.8, 4) is 0 Å². The normalized spacial score (nSPS) is 17.6. The fourth-order valence-corrected chi connectivity index (χ4v) is 2.67. The van der Waals surface area contributed by atoms with Gasteiger partial charge in [0.2, 0.25) is 5.91 Å². The molecule has 1 atom stereocenters. The zero-order valence-electron chi connectivity index (χ0n) is 12.1. The van der Waals surface area contributed by atoms with Crippen LogP contribution in [0.25, 0.3) is 0 Å². The van der Waals surface area contributed by atoms with E-state index in [0.717, 1.165) is 31.7 Å². The van der Waals surface area contributed by atoms with Crippen LogP contribution in [0.2, 0.25) is 0 Å². The Morgan fingerprint density at radius 3 is 2.26 bits per heavy atom. The first kappa shape index (κ1) is 14.1. The third-order valence-electron chi connectivity index (χ3n) is 3.80. The molecule has 0 spiro atoms. The molecule has 0 aromatic heterocycles. The second-order valence-electron chi connectivity index (χ2n) is 5.71. The number of benzene rings is 1. The van der Waals surface area contributed by atoms with Crippen molar-refractivity contribution in [3.63, 3.8) is 0 Å². The topological polar surface area (TPSA) is 32.3 Å². The van der Waals surface area contributed by atoms with Crippen LogP contribution in [0, 0.1) is 12.8 Å². The molecule has 1 heterocycles. The number of aryl methyl sites for hydroxylation is 1. The third-order valence-corrected chi connectivity index (χ3v) is 3.80. The highest BCUT2D eigenvalue weighted by atomic mass is 16.2. The number of nitrogens with one attached hydrogen (secondary N) is 1. The lowest BCUT2D eigenvalue weighted by atomic mass is 9.86. The second-order valence-corrected chi connectivity index (χ2v) is 5.71. The van der Waals surface area contributed by atoms with Crippen LogP contribution in [0.5, 0.6) is 0 Å². The Balaban J connectivity index is 2.19. The Morgan fingerprint density at radius 2 is 1.74 bits per heavy atom. The summed E-state index contributed by atoms with van der Waals surface area (Å²) in [6.07, 6.45) is 0. The van der Waals surface area contributed by atoms with E-state index in [-0.39, 0.29) is 11.8 Å². The molecular formula is C16H24N2O. The number of carbonyl (C=O) groups excluding carboxylic acids is 1. The minimum absolute atomic E-state index is 0.0151. The van der Waals surface area contributed by atoms with Crippen molar-refractivity contribution in [2.75, 3.05) is 26.2 Å². The molecule has 0 radical (unpaired) electrons. The zero-order valence-corrected chi connectivity index (χ0v) is 12.1. The summed E-state index contributed by atoms with van der Waals surface area (Å²) in [5.41, 5.74) is 2.38. The fourth-order valence-electron chi connectivity index (χ4n) is 2.67. The van der Waals surface area contributed by atoms with Gasteiger partial charge in [-0.3, -0.25) is 4.79 Å². The third kappa shape index (κ3) is 3.35. The minimum Gasteiger partial charge on any atom is -0.340 e. The lowest BCUT2D eigenvalue weighted by molar-refractivity contribution is -0.134. The molecule has 1 N–H and O–H groups in total. The molecule has 104 valence electrons. The summed E-state index contributed by atoms with van der Waals surface area (Å²) < 4.78 is 0.